The van der Waals surface area contributed by atoms with Gasteiger partial charge in [-0.3, -0.25) is 0 Å². The van der Waals surface area contributed by atoms with Crippen LogP contribution in [0, 0.1) is 0 Å². The smallest absolute Gasteiger partial charge is 0.202 e. The molecule has 0 saturated carbocycles. The van der Waals surface area contributed by atoms with E-state index in [1.54, 1.807) is 0 Å². The van der Waals surface area contributed by atoms with Gasteiger partial charge in [0.1, 0.15) is 5.82 Å². The molecule has 1 heterocycles. The molecular formula is C9H14BrN3S. The second-order valence-electron chi connectivity index (χ2n) is 4.04. The van der Waals surface area contributed by atoms with Crippen LogP contribution in [0.25, 0.3) is 0 Å². The number of anilines is 1. The molecule has 0 aliphatic heterocycles. The first-order valence-electron chi connectivity index (χ1n) is 4.31. The Hall–Kier alpha value is -0.420. The first kappa shape index (κ1) is 11.7. The molecule has 0 fully saturated rings. The zero-order chi connectivity index (χ0) is 10.8. The summed E-state index contributed by atoms with van der Waals surface area (Å²) in [7, 11) is 0. The summed E-state index contributed by atoms with van der Waals surface area (Å²) >= 11 is 4.66. The second-order valence-corrected chi connectivity index (χ2v) is 5.92. The molecule has 5 heteroatoms. The lowest BCUT2D eigenvalue weighted by atomic mass is 9.96. The SMILES string of the molecule is C=C(Br)CNc1nc(C(C)(C)C)ns1. The van der Waals surface area contributed by atoms with E-state index in [0.29, 0.717) is 6.54 Å². The van der Waals surface area contributed by atoms with Crippen LogP contribution in [0.1, 0.15) is 26.6 Å². The summed E-state index contributed by atoms with van der Waals surface area (Å²) in [6.45, 7) is 10.7. The predicted octanol–water partition coefficient (Wildman–Crippen LogP) is 3.16. The maximum atomic E-state index is 4.39. The van der Waals surface area contributed by atoms with Gasteiger partial charge < -0.3 is 5.32 Å². The van der Waals surface area contributed by atoms with Crippen LogP contribution in [0.15, 0.2) is 11.1 Å². The van der Waals surface area contributed by atoms with Crippen LogP contribution in [-0.2, 0) is 5.41 Å². The molecule has 0 atom stereocenters. The number of nitrogens with one attached hydrogen (secondary N) is 1. The molecule has 0 unspecified atom stereocenters. The normalized spacial score (nSPS) is 11.4. The number of rotatable bonds is 3. The fraction of sp³-hybridized carbons (Fsp3) is 0.556. The van der Waals surface area contributed by atoms with Gasteiger partial charge in [0.05, 0.1) is 0 Å². The maximum absolute atomic E-state index is 4.39. The van der Waals surface area contributed by atoms with Gasteiger partial charge in [-0.05, 0) is 0 Å². The lowest BCUT2D eigenvalue weighted by Crippen LogP contribution is -2.13. The standard InChI is InChI=1S/C9H14BrN3S/c1-6(10)5-11-8-12-7(13-14-8)9(2,3)4/h1,5H2,2-4H3,(H,11,12,13). The highest BCUT2D eigenvalue weighted by Gasteiger charge is 2.19. The van der Waals surface area contributed by atoms with E-state index in [2.05, 4.69) is 58.0 Å². The van der Waals surface area contributed by atoms with Crippen molar-refractivity contribution in [2.75, 3.05) is 11.9 Å². The minimum atomic E-state index is 0.0157. The van der Waals surface area contributed by atoms with E-state index < -0.39 is 0 Å². The van der Waals surface area contributed by atoms with Crippen molar-refractivity contribution < 1.29 is 0 Å². The number of hydrogen-bond acceptors (Lipinski definition) is 4. The topological polar surface area (TPSA) is 37.8 Å². The van der Waals surface area contributed by atoms with Crippen LogP contribution in [0.3, 0.4) is 0 Å². The van der Waals surface area contributed by atoms with Gasteiger partial charge in [-0.25, -0.2) is 4.98 Å². The van der Waals surface area contributed by atoms with Crippen LogP contribution in [0.2, 0.25) is 0 Å². The summed E-state index contributed by atoms with van der Waals surface area (Å²) in [5, 5.41) is 3.98. The molecule has 0 spiro atoms. The number of aromatic nitrogens is 2. The largest absolute Gasteiger partial charge is 0.356 e. The zero-order valence-corrected chi connectivity index (χ0v) is 11.0. The molecule has 1 aromatic rings. The minimum Gasteiger partial charge on any atom is -0.356 e. The molecule has 0 bridgehead atoms. The van der Waals surface area contributed by atoms with Gasteiger partial charge in [0.2, 0.25) is 5.13 Å². The molecule has 0 saturated heterocycles. The van der Waals surface area contributed by atoms with Gasteiger partial charge in [0.15, 0.2) is 0 Å². The average Bonchev–Trinajstić information content (AvgIpc) is 2.47. The quantitative estimate of drug-likeness (QED) is 0.921. The van der Waals surface area contributed by atoms with Gasteiger partial charge in [-0.1, -0.05) is 43.3 Å². The van der Waals surface area contributed by atoms with Crippen molar-refractivity contribution in [1.29, 1.82) is 0 Å². The van der Waals surface area contributed by atoms with Crippen molar-refractivity contribution in [3.05, 3.63) is 16.9 Å². The fourth-order valence-electron chi connectivity index (χ4n) is 0.771. The number of nitrogens with zero attached hydrogens (tertiary/aromatic N) is 2. The van der Waals surface area contributed by atoms with Gasteiger partial charge in [-0.15, -0.1) is 0 Å². The van der Waals surface area contributed by atoms with E-state index in [4.69, 9.17) is 0 Å². The van der Waals surface area contributed by atoms with Gasteiger partial charge in [0.25, 0.3) is 0 Å². The Kier molecular flexibility index (Phi) is 3.66. The lowest BCUT2D eigenvalue weighted by Gasteiger charge is -2.12. The van der Waals surface area contributed by atoms with Gasteiger partial charge in [0, 0.05) is 28.0 Å². The van der Waals surface area contributed by atoms with Crippen molar-refractivity contribution in [3.63, 3.8) is 0 Å². The van der Waals surface area contributed by atoms with Crippen LogP contribution < -0.4 is 5.32 Å². The van der Waals surface area contributed by atoms with Crippen LogP contribution >= 0.6 is 27.5 Å². The molecule has 1 rings (SSSR count). The maximum Gasteiger partial charge on any atom is 0.202 e. The van der Waals surface area contributed by atoms with Crippen molar-refractivity contribution in [3.8, 4) is 0 Å². The summed E-state index contributed by atoms with van der Waals surface area (Å²) in [5.41, 5.74) is 0.0157. The van der Waals surface area contributed by atoms with Gasteiger partial charge >= 0.3 is 0 Å². The Bertz CT molecular complexity index is 327. The molecule has 3 nitrogen and oxygen atoms in total. The third-order valence-corrected chi connectivity index (χ3v) is 2.48. The third kappa shape index (κ3) is 3.38. The summed E-state index contributed by atoms with van der Waals surface area (Å²) in [4.78, 5) is 4.39. The highest BCUT2D eigenvalue weighted by Crippen LogP contribution is 2.22. The van der Waals surface area contributed by atoms with Crippen molar-refractivity contribution >= 4 is 32.6 Å². The lowest BCUT2D eigenvalue weighted by molar-refractivity contribution is 0.555. The van der Waals surface area contributed by atoms with E-state index in [-0.39, 0.29) is 5.41 Å². The first-order chi connectivity index (χ1) is 6.39. The third-order valence-electron chi connectivity index (χ3n) is 1.53. The summed E-state index contributed by atoms with van der Waals surface area (Å²) in [6, 6.07) is 0. The van der Waals surface area contributed by atoms with Crippen molar-refractivity contribution in [1.82, 2.24) is 9.36 Å². The highest BCUT2D eigenvalue weighted by molar-refractivity contribution is 9.11. The molecule has 0 amide bonds. The second kappa shape index (κ2) is 4.40. The average molecular weight is 276 g/mol. The summed E-state index contributed by atoms with van der Waals surface area (Å²) < 4.78 is 5.20. The number of hydrogen-bond donors (Lipinski definition) is 1. The van der Waals surface area contributed by atoms with E-state index in [1.165, 1.54) is 11.5 Å². The summed E-state index contributed by atoms with van der Waals surface area (Å²) in [5.74, 6) is 0.880. The predicted molar refractivity (Wildman–Crippen MR) is 65.2 cm³/mol. The van der Waals surface area contributed by atoms with Crippen LogP contribution in [0.4, 0.5) is 5.13 Å². The fourth-order valence-corrected chi connectivity index (χ4v) is 1.66. The van der Waals surface area contributed by atoms with Crippen molar-refractivity contribution in [2.24, 2.45) is 0 Å². The van der Waals surface area contributed by atoms with Crippen molar-refractivity contribution in [2.45, 2.75) is 26.2 Å². The molecule has 0 aliphatic carbocycles. The summed E-state index contributed by atoms with van der Waals surface area (Å²) in [6.07, 6.45) is 0. The minimum absolute atomic E-state index is 0.0157. The molecule has 1 aromatic heterocycles. The van der Waals surface area contributed by atoms with E-state index >= 15 is 0 Å². The Morgan fingerprint density at radius 3 is 2.64 bits per heavy atom. The molecule has 0 radical (unpaired) electrons. The van der Waals surface area contributed by atoms with Crippen LogP contribution in [0.5, 0.6) is 0 Å². The molecule has 78 valence electrons. The molecule has 14 heavy (non-hydrogen) atoms. The van der Waals surface area contributed by atoms with E-state index in [1.807, 2.05) is 0 Å². The van der Waals surface area contributed by atoms with Crippen LogP contribution in [-0.4, -0.2) is 15.9 Å². The first-order valence-corrected chi connectivity index (χ1v) is 5.87. The van der Waals surface area contributed by atoms with E-state index in [9.17, 15) is 0 Å². The Labute approximate surface area is 96.9 Å². The molecule has 0 aliphatic rings. The van der Waals surface area contributed by atoms with Gasteiger partial charge in [-0.2, -0.15) is 4.37 Å². The number of halogens is 1. The molecule has 1 N–H and O–H groups in total. The Balaban J connectivity index is 2.64. The highest BCUT2D eigenvalue weighted by atomic mass is 79.9. The van der Waals surface area contributed by atoms with E-state index in [0.717, 1.165) is 15.4 Å². The Morgan fingerprint density at radius 2 is 2.21 bits per heavy atom. The Morgan fingerprint density at radius 1 is 1.57 bits per heavy atom. The molecule has 0 aromatic carbocycles. The zero-order valence-electron chi connectivity index (χ0n) is 8.59. The molecular weight excluding hydrogens is 262 g/mol. The monoisotopic (exact) mass is 275 g/mol.